The van der Waals surface area contributed by atoms with Crippen molar-refractivity contribution in [2.45, 2.75) is 30.6 Å². The highest BCUT2D eigenvalue weighted by molar-refractivity contribution is 7.92. The lowest BCUT2D eigenvalue weighted by atomic mass is 10.00. The summed E-state index contributed by atoms with van der Waals surface area (Å²) in [6.45, 7) is 0.634. The van der Waals surface area contributed by atoms with E-state index in [2.05, 4.69) is 10.8 Å². The zero-order valence-electron chi connectivity index (χ0n) is 17.8. The monoisotopic (exact) mass is 479 g/mol. The summed E-state index contributed by atoms with van der Waals surface area (Å²) in [5, 5.41) is 9.37. The Bertz CT molecular complexity index is 1310. The second-order valence-corrected chi connectivity index (χ2v) is 9.98. The minimum Gasteiger partial charge on any atom is -0.312 e. The van der Waals surface area contributed by atoms with E-state index in [0.717, 1.165) is 29.7 Å². The zero-order valence-corrected chi connectivity index (χ0v) is 19.4. The highest BCUT2D eigenvalue weighted by Gasteiger charge is 2.23. The van der Waals surface area contributed by atoms with E-state index in [1.807, 2.05) is 12.1 Å². The third kappa shape index (κ3) is 5.36. The molecule has 0 aliphatic carbocycles. The van der Waals surface area contributed by atoms with Gasteiger partial charge in [-0.1, -0.05) is 23.7 Å². The number of hydrogen-bond acceptors (Lipinski definition) is 4. The van der Waals surface area contributed by atoms with Gasteiger partial charge in [0.05, 0.1) is 16.5 Å². The minimum atomic E-state index is -3.74. The van der Waals surface area contributed by atoms with Crippen LogP contribution in [-0.4, -0.2) is 20.9 Å². The van der Waals surface area contributed by atoms with Gasteiger partial charge in [0, 0.05) is 29.4 Å². The van der Waals surface area contributed by atoms with Crippen molar-refractivity contribution in [3.05, 3.63) is 88.4 Å². The molecular weight excluding hydrogens is 458 g/mol. The maximum Gasteiger partial charge on any atom is 0.261 e. The van der Waals surface area contributed by atoms with Gasteiger partial charge in [-0.2, -0.15) is 5.26 Å². The summed E-state index contributed by atoms with van der Waals surface area (Å²) in [4.78, 5) is 14.8. The van der Waals surface area contributed by atoms with Crippen molar-refractivity contribution >= 4 is 38.9 Å². The van der Waals surface area contributed by atoms with Gasteiger partial charge in [-0.25, -0.2) is 8.42 Å². The third-order valence-electron chi connectivity index (χ3n) is 5.59. The summed E-state index contributed by atoms with van der Waals surface area (Å²) in [5.41, 5.74) is 3.81. The molecule has 6 nitrogen and oxygen atoms in total. The molecule has 0 spiro atoms. The van der Waals surface area contributed by atoms with Gasteiger partial charge < -0.3 is 4.90 Å². The van der Waals surface area contributed by atoms with Crippen molar-refractivity contribution in [1.29, 1.82) is 5.26 Å². The second-order valence-electron chi connectivity index (χ2n) is 7.86. The number of sulfonamides is 1. The van der Waals surface area contributed by atoms with E-state index in [4.69, 9.17) is 16.9 Å². The van der Waals surface area contributed by atoms with E-state index in [1.165, 1.54) is 24.3 Å². The van der Waals surface area contributed by atoms with Gasteiger partial charge in [-0.05, 0) is 85.0 Å². The minimum absolute atomic E-state index is 0.0230. The Morgan fingerprint density at radius 2 is 1.79 bits per heavy atom. The van der Waals surface area contributed by atoms with Gasteiger partial charge in [-0.3, -0.25) is 9.52 Å². The van der Waals surface area contributed by atoms with Crippen LogP contribution in [0.2, 0.25) is 5.02 Å². The van der Waals surface area contributed by atoms with Crippen molar-refractivity contribution in [3.63, 3.8) is 0 Å². The number of nitrogens with one attached hydrogen (secondary N) is 1. The number of nitriles is 1. The lowest BCUT2D eigenvalue weighted by Gasteiger charge is -2.30. The molecule has 1 N–H and O–H groups in total. The van der Waals surface area contributed by atoms with E-state index >= 15 is 0 Å². The molecule has 33 heavy (non-hydrogen) atoms. The Kier molecular flexibility index (Phi) is 6.68. The fraction of sp³-hybridized carbons (Fsp3) is 0.200. The molecule has 8 heteroatoms. The third-order valence-corrected chi connectivity index (χ3v) is 7.24. The number of nitrogens with zero attached hydrogens (tertiary/aromatic N) is 2. The summed E-state index contributed by atoms with van der Waals surface area (Å²) in [7, 11) is -3.74. The largest absolute Gasteiger partial charge is 0.312 e. The number of hydrogen-bond donors (Lipinski definition) is 1. The first-order valence-corrected chi connectivity index (χ1v) is 12.4. The number of anilines is 2. The van der Waals surface area contributed by atoms with Crippen LogP contribution in [0.4, 0.5) is 11.4 Å². The van der Waals surface area contributed by atoms with Gasteiger partial charge in [-0.15, -0.1) is 0 Å². The quantitative estimate of drug-likeness (QED) is 0.543. The van der Waals surface area contributed by atoms with Crippen LogP contribution in [0.25, 0.3) is 0 Å². The van der Waals surface area contributed by atoms with Crippen molar-refractivity contribution < 1.29 is 13.2 Å². The van der Waals surface area contributed by atoms with Crippen LogP contribution in [0, 0.1) is 11.3 Å². The maximum absolute atomic E-state index is 12.9. The molecule has 0 saturated heterocycles. The SMILES string of the molecule is N#Cc1ccc(CCC(=O)N2CCCc3cc(NS(=O)(=O)c4ccc(Cl)cc4)ccc32)cc1. The van der Waals surface area contributed by atoms with Crippen LogP contribution in [0.15, 0.2) is 71.6 Å². The Balaban J connectivity index is 1.46. The zero-order chi connectivity index (χ0) is 23.4. The summed E-state index contributed by atoms with van der Waals surface area (Å²) in [6, 6.07) is 20.6. The van der Waals surface area contributed by atoms with E-state index in [-0.39, 0.29) is 10.8 Å². The molecule has 0 fully saturated rings. The van der Waals surface area contributed by atoms with Crippen molar-refractivity contribution in [1.82, 2.24) is 0 Å². The molecule has 3 aromatic rings. The van der Waals surface area contributed by atoms with Crippen LogP contribution < -0.4 is 9.62 Å². The van der Waals surface area contributed by atoms with Gasteiger partial charge >= 0.3 is 0 Å². The standard InChI is InChI=1S/C25H22ClN3O3S/c26-21-8-11-23(12-9-21)33(31,32)28-22-10-13-24-20(16-22)2-1-15-29(24)25(30)14-7-18-3-5-19(17-27)6-4-18/h3-6,8-13,16,28H,1-2,7,14-15H2. The maximum atomic E-state index is 12.9. The highest BCUT2D eigenvalue weighted by atomic mass is 35.5. The smallest absolute Gasteiger partial charge is 0.261 e. The van der Waals surface area contributed by atoms with Gasteiger partial charge in [0.1, 0.15) is 0 Å². The number of fused-ring (bicyclic) bond motifs is 1. The summed E-state index contributed by atoms with van der Waals surface area (Å²) in [5.74, 6) is 0.0230. The first-order chi connectivity index (χ1) is 15.9. The molecule has 168 valence electrons. The van der Waals surface area contributed by atoms with Crippen LogP contribution in [0.5, 0.6) is 0 Å². The number of aryl methyl sites for hydroxylation is 2. The Labute approximate surface area is 198 Å². The molecule has 4 rings (SSSR count). The Morgan fingerprint density at radius 1 is 1.06 bits per heavy atom. The molecule has 1 amide bonds. The topological polar surface area (TPSA) is 90.3 Å². The molecule has 0 unspecified atom stereocenters. The lowest BCUT2D eigenvalue weighted by Crippen LogP contribution is -2.35. The predicted molar refractivity (Wildman–Crippen MR) is 129 cm³/mol. The summed E-state index contributed by atoms with van der Waals surface area (Å²) < 4.78 is 28.0. The van der Waals surface area contributed by atoms with Crippen LogP contribution in [0.1, 0.15) is 29.5 Å². The summed E-state index contributed by atoms with van der Waals surface area (Å²) in [6.07, 6.45) is 2.53. The fourth-order valence-corrected chi connectivity index (χ4v) is 5.06. The van der Waals surface area contributed by atoms with Crippen LogP contribution >= 0.6 is 11.6 Å². The first kappa shape index (κ1) is 22.8. The molecule has 0 aromatic heterocycles. The Hall–Kier alpha value is -3.34. The second kappa shape index (κ2) is 9.65. The number of rotatable bonds is 6. The van der Waals surface area contributed by atoms with Gasteiger partial charge in [0.25, 0.3) is 10.0 Å². The fourth-order valence-electron chi connectivity index (χ4n) is 3.88. The van der Waals surface area contributed by atoms with Crippen molar-refractivity contribution in [2.75, 3.05) is 16.2 Å². The molecular formula is C25H22ClN3O3S. The molecule has 3 aromatic carbocycles. The van der Waals surface area contributed by atoms with Gasteiger partial charge in [0.2, 0.25) is 5.91 Å². The van der Waals surface area contributed by atoms with E-state index in [1.54, 1.807) is 35.2 Å². The Morgan fingerprint density at radius 3 is 2.48 bits per heavy atom. The number of carbonyl (C=O) groups is 1. The normalized spacial score (nSPS) is 13.2. The number of benzene rings is 3. The molecule has 1 aliphatic heterocycles. The number of carbonyl (C=O) groups excluding carboxylic acids is 1. The predicted octanol–water partition coefficient (Wildman–Crippen LogP) is 4.92. The van der Waals surface area contributed by atoms with Crippen LogP contribution in [0.3, 0.4) is 0 Å². The van der Waals surface area contributed by atoms with E-state index in [0.29, 0.717) is 35.7 Å². The average molecular weight is 480 g/mol. The van der Waals surface area contributed by atoms with Gasteiger partial charge in [0.15, 0.2) is 0 Å². The highest BCUT2D eigenvalue weighted by Crippen LogP contribution is 2.31. The number of amides is 1. The van der Waals surface area contributed by atoms with Crippen LogP contribution in [-0.2, 0) is 27.7 Å². The van der Waals surface area contributed by atoms with E-state index < -0.39 is 10.0 Å². The molecule has 1 aliphatic rings. The molecule has 1 heterocycles. The molecule has 0 saturated carbocycles. The van der Waals surface area contributed by atoms with Crippen molar-refractivity contribution in [3.8, 4) is 6.07 Å². The number of halogens is 1. The molecule has 0 bridgehead atoms. The van der Waals surface area contributed by atoms with Crippen molar-refractivity contribution in [2.24, 2.45) is 0 Å². The first-order valence-electron chi connectivity index (χ1n) is 10.6. The lowest BCUT2D eigenvalue weighted by molar-refractivity contribution is -0.118. The van der Waals surface area contributed by atoms with E-state index in [9.17, 15) is 13.2 Å². The summed E-state index contributed by atoms with van der Waals surface area (Å²) >= 11 is 5.85. The average Bonchev–Trinajstić information content (AvgIpc) is 2.82. The molecule has 0 atom stereocenters. The molecule has 0 radical (unpaired) electrons.